The average Bonchev–Trinajstić information content (AvgIpc) is 3.05. The van der Waals surface area contributed by atoms with E-state index in [1.54, 1.807) is 0 Å². The van der Waals surface area contributed by atoms with E-state index >= 15 is 0 Å². The number of hydrogen-bond donors (Lipinski definition) is 5. The lowest BCUT2D eigenvalue weighted by atomic mass is 10.5. The fraction of sp³-hybridized carbons (Fsp3) is 1.00. The normalized spacial score (nSPS) is 14.8. The van der Waals surface area contributed by atoms with Gasteiger partial charge in [0.1, 0.15) is 0 Å². The number of aliphatic hydroxyl groups is 5. The van der Waals surface area contributed by atoms with E-state index < -0.39 is 44.0 Å². The second-order valence-corrected chi connectivity index (χ2v) is 24.8. The van der Waals surface area contributed by atoms with Crippen LogP contribution in [-0.4, -0.2) is 152 Å². The van der Waals surface area contributed by atoms with Crippen molar-refractivity contribution in [1.29, 1.82) is 0 Å². The summed E-state index contributed by atoms with van der Waals surface area (Å²) in [5, 5.41) is 48.5. The summed E-state index contributed by atoms with van der Waals surface area (Å²) in [6, 6.07) is 0.758. The minimum Gasteiger partial charge on any atom is -0.396 e. The van der Waals surface area contributed by atoms with Crippen LogP contribution in [0.4, 0.5) is 0 Å². The zero-order chi connectivity index (χ0) is 32.9. The molecule has 0 aliphatic rings. The van der Waals surface area contributed by atoms with Crippen LogP contribution in [0.2, 0.25) is 30.2 Å². The first-order chi connectivity index (χ1) is 20.6. The molecule has 0 bridgehead atoms. The standard InChI is InChI=1S/C22H56O16Si5/c1-28-39(29-2,18-8-13-23)35-42(34-7,21-11-16-26)38-43(22-12-17-27,36-40(30-3,31-4)19-9-14-24)37-41(32-5,33-6)20-10-15-25/h23-27H,8-22H2,1-7H3. The third-order valence-corrected chi connectivity index (χ3v) is 25.8. The largest absolute Gasteiger partial charge is 0.493 e. The minimum absolute atomic E-state index is 0.0243. The van der Waals surface area contributed by atoms with Crippen LogP contribution in [0, 0.1) is 0 Å². The van der Waals surface area contributed by atoms with Gasteiger partial charge in [0.25, 0.3) is 0 Å². The predicted molar refractivity (Wildman–Crippen MR) is 165 cm³/mol. The molecule has 0 amide bonds. The molecule has 5 N–H and O–H groups in total. The molecule has 0 radical (unpaired) electrons. The molecule has 0 aromatic rings. The molecule has 0 saturated heterocycles. The highest BCUT2D eigenvalue weighted by molar-refractivity contribution is 6.87. The van der Waals surface area contributed by atoms with Crippen molar-refractivity contribution in [2.45, 2.75) is 62.3 Å². The summed E-state index contributed by atoms with van der Waals surface area (Å²) in [6.45, 7) is -0.891. The first kappa shape index (κ1) is 43.4. The molecule has 0 aromatic heterocycles. The van der Waals surface area contributed by atoms with Crippen LogP contribution in [-0.2, 0) is 47.4 Å². The van der Waals surface area contributed by atoms with Crippen molar-refractivity contribution in [2.75, 3.05) is 82.8 Å². The van der Waals surface area contributed by atoms with Crippen LogP contribution in [0.15, 0.2) is 0 Å². The highest BCUT2D eigenvalue weighted by Crippen LogP contribution is 2.37. The van der Waals surface area contributed by atoms with Gasteiger partial charge in [-0.2, -0.15) is 0 Å². The van der Waals surface area contributed by atoms with Gasteiger partial charge in [0, 0.05) is 113 Å². The summed E-state index contributed by atoms with van der Waals surface area (Å²) in [5.41, 5.74) is 0. The van der Waals surface area contributed by atoms with Crippen molar-refractivity contribution in [2.24, 2.45) is 0 Å². The van der Waals surface area contributed by atoms with Crippen molar-refractivity contribution in [3.05, 3.63) is 0 Å². The molecule has 1 atom stereocenters. The van der Waals surface area contributed by atoms with Crippen molar-refractivity contribution in [1.82, 2.24) is 0 Å². The highest BCUT2D eigenvalue weighted by atomic mass is 28.5. The molecule has 0 rings (SSSR count). The molecule has 0 aliphatic carbocycles. The fourth-order valence-corrected chi connectivity index (χ4v) is 24.8. The number of rotatable bonds is 30. The van der Waals surface area contributed by atoms with Crippen molar-refractivity contribution < 1.29 is 73.0 Å². The van der Waals surface area contributed by atoms with E-state index in [4.69, 9.17) is 47.4 Å². The molecule has 0 spiro atoms. The Morgan fingerprint density at radius 3 is 0.721 bits per heavy atom. The van der Waals surface area contributed by atoms with Crippen molar-refractivity contribution in [3.63, 3.8) is 0 Å². The molecule has 0 heterocycles. The Morgan fingerprint density at radius 1 is 0.302 bits per heavy atom. The molecule has 0 saturated carbocycles. The van der Waals surface area contributed by atoms with Gasteiger partial charge in [-0.3, -0.25) is 0 Å². The van der Waals surface area contributed by atoms with Gasteiger partial charge in [-0.25, -0.2) is 0 Å². The van der Waals surface area contributed by atoms with Gasteiger partial charge < -0.3 is 73.0 Å². The van der Waals surface area contributed by atoms with E-state index in [2.05, 4.69) is 0 Å². The van der Waals surface area contributed by atoms with E-state index in [1.807, 2.05) is 0 Å². The maximum absolute atomic E-state index is 9.94. The summed E-state index contributed by atoms with van der Waals surface area (Å²) < 4.78 is 67.9. The van der Waals surface area contributed by atoms with Gasteiger partial charge >= 0.3 is 44.0 Å². The van der Waals surface area contributed by atoms with Crippen LogP contribution >= 0.6 is 0 Å². The van der Waals surface area contributed by atoms with Gasteiger partial charge in [-0.1, -0.05) is 0 Å². The topological polar surface area (TPSA) is 203 Å². The molecule has 43 heavy (non-hydrogen) atoms. The maximum Gasteiger partial charge on any atom is 0.493 e. The van der Waals surface area contributed by atoms with Crippen LogP contribution in [0.25, 0.3) is 0 Å². The van der Waals surface area contributed by atoms with Crippen LogP contribution in [0.1, 0.15) is 32.1 Å². The lowest BCUT2D eigenvalue weighted by Crippen LogP contribution is -2.69. The van der Waals surface area contributed by atoms with Crippen LogP contribution < -0.4 is 0 Å². The maximum atomic E-state index is 9.94. The Kier molecular flexibility index (Phi) is 23.1. The van der Waals surface area contributed by atoms with Gasteiger partial charge in [-0.05, 0) is 32.1 Å². The van der Waals surface area contributed by atoms with Gasteiger partial charge in [-0.15, -0.1) is 0 Å². The van der Waals surface area contributed by atoms with Crippen LogP contribution in [0.3, 0.4) is 0 Å². The molecule has 16 nitrogen and oxygen atoms in total. The van der Waals surface area contributed by atoms with E-state index in [1.165, 1.54) is 49.8 Å². The molecule has 0 aliphatic heterocycles. The summed E-state index contributed by atoms with van der Waals surface area (Å²) in [5.74, 6) is 0. The van der Waals surface area contributed by atoms with E-state index in [0.29, 0.717) is 19.3 Å². The lowest BCUT2D eigenvalue weighted by Gasteiger charge is -2.46. The average molecular weight is 717 g/mol. The summed E-state index contributed by atoms with van der Waals surface area (Å²) in [7, 11) is -9.08. The second kappa shape index (κ2) is 22.9. The van der Waals surface area contributed by atoms with Gasteiger partial charge in [0.15, 0.2) is 0 Å². The Morgan fingerprint density at radius 2 is 0.488 bits per heavy atom. The zero-order valence-electron chi connectivity index (χ0n) is 26.8. The van der Waals surface area contributed by atoms with Crippen molar-refractivity contribution in [3.8, 4) is 0 Å². The van der Waals surface area contributed by atoms with E-state index in [-0.39, 0.29) is 76.1 Å². The Labute approximate surface area is 261 Å². The molecule has 0 aromatic carbocycles. The quantitative estimate of drug-likeness (QED) is 0.0630. The fourth-order valence-electron chi connectivity index (χ4n) is 4.21. The smallest absolute Gasteiger partial charge is 0.396 e. The molecule has 0 fully saturated rings. The SMILES string of the molecule is CO[Si](CCCO)(OC)O[Si](CCCO)(OC)O[Si](CCCO)(O[Si](CCCO)(OC)OC)O[Si](CCCO)(OC)OC. The molecule has 1 unspecified atom stereocenters. The third kappa shape index (κ3) is 14.0. The Bertz CT molecular complexity index is 664. The number of hydrogen-bond acceptors (Lipinski definition) is 16. The third-order valence-electron chi connectivity index (χ3n) is 6.63. The Balaban J connectivity index is 7.40. The Hall–Kier alpha value is 0.444. The highest BCUT2D eigenvalue weighted by Gasteiger charge is 2.64. The predicted octanol–water partition coefficient (Wildman–Crippen LogP) is 0.184. The molecule has 21 heteroatoms. The van der Waals surface area contributed by atoms with Crippen LogP contribution in [0.5, 0.6) is 0 Å². The summed E-state index contributed by atoms with van der Waals surface area (Å²) in [6.07, 6.45) is 1.28. The first-order valence-corrected chi connectivity index (χ1v) is 23.9. The monoisotopic (exact) mass is 716 g/mol. The lowest BCUT2D eigenvalue weighted by molar-refractivity contribution is 0.0506. The van der Waals surface area contributed by atoms with E-state index in [0.717, 1.165) is 0 Å². The summed E-state index contributed by atoms with van der Waals surface area (Å²) >= 11 is 0. The molecule has 260 valence electrons. The van der Waals surface area contributed by atoms with E-state index in [9.17, 15) is 25.5 Å². The van der Waals surface area contributed by atoms with Gasteiger partial charge in [0.2, 0.25) is 0 Å². The summed E-state index contributed by atoms with van der Waals surface area (Å²) in [4.78, 5) is 0. The van der Waals surface area contributed by atoms with Gasteiger partial charge in [0.05, 0.1) is 0 Å². The second-order valence-electron chi connectivity index (χ2n) is 9.39. The zero-order valence-corrected chi connectivity index (χ0v) is 31.8. The number of aliphatic hydroxyl groups excluding tert-OH is 5. The molecular formula is C22H56O16Si5. The van der Waals surface area contributed by atoms with Crippen molar-refractivity contribution >= 4 is 44.0 Å². The first-order valence-electron chi connectivity index (χ1n) is 14.3. The molecular weight excluding hydrogens is 661 g/mol. The minimum atomic E-state index is -4.24.